The highest BCUT2D eigenvalue weighted by Gasteiger charge is 2.23. The molecule has 0 radical (unpaired) electrons. The Morgan fingerprint density at radius 3 is 2.33 bits per heavy atom. The molecule has 0 aliphatic carbocycles. The smallest absolute Gasteiger partial charge is 0.238 e. The molecular weight excluding hydrogens is 398 g/mol. The molecule has 1 saturated heterocycles. The summed E-state index contributed by atoms with van der Waals surface area (Å²) in [7, 11) is -1.88. The molecular formula is C22H31N5O2S. The van der Waals surface area contributed by atoms with E-state index in [4.69, 9.17) is 5.14 Å². The van der Waals surface area contributed by atoms with Crippen LogP contribution >= 0.6 is 0 Å². The van der Waals surface area contributed by atoms with E-state index in [-0.39, 0.29) is 4.90 Å². The minimum atomic E-state index is -3.65. The summed E-state index contributed by atoms with van der Waals surface area (Å²) in [6, 6.07) is 17.6. The Labute approximate surface area is 179 Å². The van der Waals surface area contributed by atoms with Crippen LogP contribution in [0.4, 0.5) is 0 Å². The van der Waals surface area contributed by atoms with Crippen LogP contribution in [0.25, 0.3) is 0 Å². The molecule has 30 heavy (non-hydrogen) atoms. The maximum absolute atomic E-state index is 11.3. The first-order valence-corrected chi connectivity index (χ1v) is 11.9. The van der Waals surface area contributed by atoms with Gasteiger partial charge in [-0.1, -0.05) is 42.5 Å². The van der Waals surface area contributed by atoms with Gasteiger partial charge in [-0.3, -0.25) is 9.89 Å². The Kier molecular flexibility index (Phi) is 7.84. The number of aliphatic imine (C=N–C) groups is 1. The van der Waals surface area contributed by atoms with Gasteiger partial charge < -0.3 is 10.6 Å². The van der Waals surface area contributed by atoms with E-state index in [1.807, 2.05) is 6.07 Å². The van der Waals surface area contributed by atoms with Gasteiger partial charge in [0.15, 0.2) is 5.96 Å². The van der Waals surface area contributed by atoms with Gasteiger partial charge in [0.25, 0.3) is 0 Å². The molecule has 0 spiro atoms. The quantitative estimate of drug-likeness (QED) is 0.439. The number of nitrogens with zero attached hydrogens (tertiary/aromatic N) is 2. The Balaban J connectivity index is 1.52. The topological polar surface area (TPSA) is 99.8 Å². The zero-order chi connectivity index (χ0) is 21.4. The van der Waals surface area contributed by atoms with E-state index in [1.165, 1.54) is 30.5 Å². The molecule has 1 fully saturated rings. The van der Waals surface area contributed by atoms with E-state index in [9.17, 15) is 8.42 Å². The number of rotatable bonds is 8. The number of likely N-dealkylation sites (tertiary alicyclic amines) is 1. The van der Waals surface area contributed by atoms with Crippen LogP contribution in [0.2, 0.25) is 0 Å². The third-order valence-electron chi connectivity index (χ3n) is 5.41. The number of hydrogen-bond donors (Lipinski definition) is 3. The van der Waals surface area contributed by atoms with Crippen LogP contribution in [-0.2, 0) is 16.4 Å². The van der Waals surface area contributed by atoms with Crippen molar-refractivity contribution in [1.29, 1.82) is 0 Å². The first-order chi connectivity index (χ1) is 14.5. The molecule has 2 aromatic rings. The molecule has 0 bridgehead atoms. The zero-order valence-electron chi connectivity index (χ0n) is 17.4. The Morgan fingerprint density at radius 1 is 1.07 bits per heavy atom. The van der Waals surface area contributed by atoms with E-state index >= 15 is 0 Å². The number of benzene rings is 2. The first-order valence-electron chi connectivity index (χ1n) is 10.3. The van der Waals surface area contributed by atoms with Gasteiger partial charge in [-0.05, 0) is 55.6 Å². The molecule has 0 aromatic heterocycles. The number of guanidine groups is 1. The van der Waals surface area contributed by atoms with Crippen molar-refractivity contribution in [2.45, 2.75) is 30.2 Å². The van der Waals surface area contributed by atoms with E-state index in [0.29, 0.717) is 12.6 Å². The Bertz CT molecular complexity index is 924. The van der Waals surface area contributed by atoms with Crippen molar-refractivity contribution in [2.24, 2.45) is 10.1 Å². The summed E-state index contributed by atoms with van der Waals surface area (Å²) in [6.45, 7) is 3.73. The summed E-state index contributed by atoms with van der Waals surface area (Å²) in [6.07, 6.45) is 3.25. The average molecular weight is 430 g/mol. The highest BCUT2D eigenvalue weighted by atomic mass is 32.2. The second-order valence-corrected chi connectivity index (χ2v) is 9.05. The summed E-state index contributed by atoms with van der Waals surface area (Å²) < 4.78 is 22.7. The summed E-state index contributed by atoms with van der Waals surface area (Å²) in [5.74, 6) is 0.760. The molecule has 162 valence electrons. The standard InChI is InChI=1S/C22H31N5O2S/c1-24-22(25-14-13-18-9-11-20(12-10-18)30(23,28)29)26-17-21(27-15-5-6-16-27)19-7-3-2-4-8-19/h2-4,7-12,21H,5-6,13-17H2,1H3,(H2,23,28,29)(H2,24,25,26). The molecule has 0 saturated carbocycles. The van der Waals surface area contributed by atoms with Gasteiger partial charge in [-0.15, -0.1) is 0 Å². The monoisotopic (exact) mass is 429 g/mol. The van der Waals surface area contributed by atoms with Crippen LogP contribution in [0.15, 0.2) is 64.5 Å². The maximum Gasteiger partial charge on any atom is 0.238 e. The number of nitrogens with two attached hydrogens (primary N) is 1. The SMILES string of the molecule is CN=C(NCCc1ccc(S(N)(=O)=O)cc1)NCC(c1ccccc1)N1CCCC1. The molecule has 1 heterocycles. The van der Waals surface area contributed by atoms with Gasteiger partial charge in [0.1, 0.15) is 0 Å². The zero-order valence-corrected chi connectivity index (χ0v) is 18.2. The molecule has 0 amide bonds. The predicted molar refractivity (Wildman–Crippen MR) is 121 cm³/mol. The first kappa shape index (κ1) is 22.3. The molecule has 1 aliphatic rings. The van der Waals surface area contributed by atoms with Gasteiger partial charge in [0.05, 0.1) is 10.9 Å². The lowest BCUT2D eigenvalue weighted by molar-refractivity contribution is 0.245. The Morgan fingerprint density at radius 2 is 1.73 bits per heavy atom. The second-order valence-electron chi connectivity index (χ2n) is 7.49. The van der Waals surface area contributed by atoms with Crippen LogP contribution in [0.1, 0.15) is 30.0 Å². The number of nitrogens with one attached hydrogen (secondary N) is 2. The fourth-order valence-corrected chi connectivity index (χ4v) is 4.29. The van der Waals surface area contributed by atoms with Crippen LogP contribution in [0, 0.1) is 0 Å². The molecule has 8 heteroatoms. The van der Waals surface area contributed by atoms with Crippen molar-refractivity contribution in [3.63, 3.8) is 0 Å². The number of sulfonamides is 1. The highest BCUT2D eigenvalue weighted by molar-refractivity contribution is 7.89. The third-order valence-corrected chi connectivity index (χ3v) is 6.34. The van der Waals surface area contributed by atoms with Gasteiger partial charge >= 0.3 is 0 Å². The lowest BCUT2D eigenvalue weighted by Gasteiger charge is -2.29. The second kappa shape index (κ2) is 10.6. The summed E-state index contributed by atoms with van der Waals surface area (Å²) in [5.41, 5.74) is 2.35. The molecule has 1 aliphatic heterocycles. The molecule has 2 aromatic carbocycles. The molecule has 7 nitrogen and oxygen atoms in total. The molecule has 1 unspecified atom stereocenters. The van der Waals surface area contributed by atoms with E-state index < -0.39 is 10.0 Å². The van der Waals surface area contributed by atoms with E-state index in [2.05, 4.69) is 44.8 Å². The minimum Gasteiger partial charge on any atom is -0.356 e. The van der Waals surface area contributed by atoms with Crippen molar-refractivity contribution >= 4 is 16.0 Å². The lowest BCUT2D eigenvalue weighted by atomic mass is 10.1. The van der Waals surface area contributed by atoms with E-state index in [0.717, 1.165) is 37.6 Å². The molecule has 3 rings (SSSR count). The average Bonchev–Trinajstić information content (AvgIpc) is 3.27. The third kappa shape index (κ3) is 6.29. The summed E-state index contributed by atoms with van der Waals surface area (Å²) in [5, 5.41) is 11.9. The van der Waals surface area contributed by atoms with Crippen molar-refractivity contribution < 1.29 is 8.42 Å². The van der Waals surface area contributed by atoms with Crippen molar-refractivity contribution in [3.8, 4) is 0 Å². The van der Waals surface area contributed by atoms with Gasteiger partial charge in [0, 0.05) is 20.1 Å². The minimum absolute atomic E-state index is 0.130. The van der Waals surface area contributed by atoms with Crippen LogP contribution in [0.3, 0.4) is 0 Å². The fourth-order valence-electron chi connectivity index (χ4n) is 3.77. The predicted octanol–water partition coefficient (Wildman–Crippen LogP) is 1.88. The van der Waals surface area contributed by atoms with E-state index in [1.54, 1.807) is 19.2 Å². The fraction of sp³-hybridized carbons (Fsp3) is 0.409. The summed E-state index contributed by atoms with van der Waals surface area (Å²) >= 11 is 0. The van der Waals surface area contributed by atoms with Crippen LogP contribution in [-0.4, -0.2) is 52.5 Å². The normalized spacial score (nSPS) is 16.4. The summed E-state index contributed by atoms with van der Waals surface area (Å²) in [4.78, 5) is 7.00. The van der Waals surface area contributed by atoms with Gasteiger partial charge in [0.2, 0.25) is 10.0 Å². The largest absolute Gasteiger partial charge is 0.356 e. The number of hydrogen-bond acceptors (Lipinski definition) is 4. The van der Waals surface area contributed by atoms with Crippen molar-refractivity contribution in [3.05, 3.63) is 65.7 Å². The van der Waals surface area contributed by atoms with Gasteiger partial charge in [-0.25, -0.2) is 13.6 Å². The molecule has 1 atom stereocenters. The Hall–Kier alpha value is -2.42. The highest BCUT2D eigenvalue weighted by Crippen LogP contribution is 2.24. The number of primary sulfonamides is 1. The lowest BCUT2D eigenvalue weighted by Crippen LogP contribution is -2.43. The van der Waals surface area contributed by atoms with Crippen molar-refractivity contribution in [1.82, 2.24) is 15.5 Å². The molecule has 4 N–H and O–H groups in total. The van der Waals surface area contributed by atoms with Crippen LogP contribution < -0.4 is 15.8 Å². The van der Waals surface area contributed by atoms with Crippen molar-refractivity contribution in [2.75, 3.05) is 33.2 Å². The maximum atomic E-state index is 11.3. The van der Waals surface area contributed by atoms with Crippen LogP contribution in [0.5, 0.6) is 0 Å². The van der Waals surface area contributed by atoms with Gasteiger partial charge in [-0.2, -0.15) is 0 Å².